The number of hydrogen-bond acceptors (Lipinski definition) is 12. The molecule has 0 radical (unpaired) electrons. The van der Waals surface area contributed by atoms with Crippen molar-refractivity contribution in [2.45, 2.75) is 115 Å². The van der Waals surface area contributed by atoms with Crippen LogP contribution >= 0.6 is 0 Å². The van der Waals surface area contributed by atoms with Gasteiger partial charge in [-0.3, -0.25) is 43.3 Å². The number of likely N-dealkylation sites (tertiary alicyclic amines) is 2. The number of primary amides is 1. The molecule has 2 heterocycles. The van der Waals surface area contributed by atoms with Crippen LogP contribution in [0.1, 0.15) is 71.8 Å². The van der Waals surface area contributed by atoms with Gasteiger partial charge in [0, 0.05) is 13.0 Å². The summed E-state index contributed by atoms with van der Waals surface area (Å²) in [6.07, 6.45) is 0.940. The van der Waals surface area contributed by atoms with Gasteiger partial charge in [0.1, 0.15) is 47.8 Å². The number of Topliss-reactive ketones (excluding diaryl/α,β-unsaturated/α-hetero) is 1. The molecule has 2 saturated heterocycles. The van der Waals surface area contributed by atoms with Crippen LogP contribution in [-0.4, -0.2) is 147 Å². The van der Waals surface area contributed by atoms with E-state index >= 15 is 0 Å². The minimum absolute atomic E-state index is 0.0171. The Morgan fingerprint density at radius 3 is 1.91 bits per heavy atom. The van der Waals surface area contributed by atoms with Crippen molar-refractivity contribution in [3.05, 3.63) is 29.8 Å². The van der Waals surface area contributed by atoms with E-state index in [4.69, 9.17) is 5.73 Å². The molecule has 2 aliphatic rings. The highest BCUT2D eigenvalue weighted by Gasteiger charge is 2.40. The number of rotatable bonds is 21. The van der Waals surface area contributed by atoms with Gasteiger partial charge in [0.15, 0.2) is 0 Å². The number of nitrogens with one attached hydrogen (secondary N) is 5. The monoisotopic (exact) mass is 816 g/mol. The second-order valence-corrected chi connectivity index (χ2v) is 15.2. The molecule has 7 atom stereocenters. The van der Waals surface area contributed by atoms with E-state index in [1.54, 1.807) is 30.9 Å². The van der Waals surface area contributed by atoms with Crippen LogP contribution in [0.4, 0.5) is 0 Å². The highest BCUT2D eigenvalue weighted by Crippen LogP contribution is 2.21. The summed E-state index contributed by atoms with van der Waals surface area (Å²) in [6.45, 7) is 5.95. The number of ketones is 1. The Hall–Kier alpha value is -5.63. The molecule has 20 nitrogen and oxygen atoms in total. The Kier molecular flexibility index (Phi) is 17.5. The second-order valence-electron chi connectivity index (χ2n) is 15.2. The number of carbonyl (C=O) groups is 9. The third kappa shape index (κ3) is 13.8. The maximum absolute atomic E-state index is 13.8. The quantitative estimate of drug-likeness (QED) is 0.0617. The molecule has 0 bridgehead atoms. The first-order valence-corrected chi connectivity index (χ1v) is 19.3. The van der Waals surface area contributed by atoms with E-state index in [2.05, 4.69) is 26.6 Å². The summed E-state index contributed by atoms with van der Waals surface area (Å²) >= 11 is 0. The molecular weight excluding hydrogens is 760 g/mol. The topological polar surface area (TPSA) is 307 Å². The summed E-state index contributed by atoms with van der Waals surface area (Å²) in [6, 6.07) is -2.88. The fourth-order valence-electron chi connectivity index (χ4n) is 6.95. The Bertz CT molecular complexity index is 1690. The minimum atomic E-state index is -1.58. The van der Waals surface area contributed by atoms with Crippen molar-refractivity contribution < 1.29 is 58.5 Å². The predicted molar refractivity (Wildman–Crippen MR) is 205 cm³/mol. The van der Waals surface area contributed by atoms with Gasteiger partial charge in [0.25, 0.3) is 0 Å². The molecule has 0 aliphatic carbocycles. The van der Waals surface area contributed by atoms with Crippen molar-refractivity contribution in [2.75, 3.05) is 26.2 Å². The van der Waals surface area contributed by atoms with Crippen LogP contribution in [-0.2, 0) is 49.6 Å². The smallest absolute Gasteiger partial charge is 0.326 e. The number of carboxylic acid groups (broad SMARTS) is 1. The fourth-order valence-corrected chi connectivity index (χ4v) is 6.95. The second kappa shape index (κ2) is 21.8. The molecular formula is C38H56N8O12. The van der Waals surface area contributed by atoms with Crippen LogP contribution in [0.3, 0.4) is 0 Å². The molecule has 320 valence electrons. The molecule has 7 amide bonds. The molecule has 1 aromatic carbocycles. The van der Waals surface area contributed by atoms with Crippen molar-refractivity contribution in [3.63, 3.8) is 0 Å². The van der Waals surface area contributed by atoms with E-state index < -0.39 is 103 Å². The van der Waals surface area contributed by atoms with Gasteiger partial charge in [0.05, 0.1) is 25.6 Å². The summed E-state index contributed by atoms with van der Waals surface area (Å²) in [5, 5.41) is 41.4. The Morgan fingerprint density at radius 2 is 1.33 bits per heavy atom. The summed E-state index contributed by atoms with van der Waals surface area (Å²) in [7, 11) is 0. The number of nitrogens with zero attached hydrogens (tertiary/aromatic N) is 2. The lowest BCUT2D eigenvalue weighted by Crippen LogP contribution is -2.60. The summed E-state index contributed by atoms with van der Waals surface area (Å²) < 4.78 is 0. The normalized spacial score (nSPS) is 19.2. The van der Waals surface area contributed by atoms with E-state index in [-0.39, 0.29) is 49.8 Å². The molecule has 58 heavy (non-hydrogen) atoms. The van der Waals surface area contributed by atoms with Crippen LogP contribution in [0, 0.1) is 5.92 Å². The maximum Gasteiger partial charge on any atom is 0.326 e. The zero-order chi connectivity index (χ0) is 43.3. The average Bonchev–Trinajstić information content (AvgIpc) is 3.83. The number of phenols is 1. The van der Waals surface area contributed by atoms with E-state index in [9.17, 15) is 58.5 Å². The van der Waals surface area contributed by atoms with Gasteiger partial charge in [-0.05, 0) is 76.1 Å². The van der Waals surface area contributed by atoms with Crippen molar-refractivity contribution in [1.82, 2.24) is 36.4 Å². The first-order chi connectivity index (χ1) is 27.3. The number of amides is 7. The van der Waals surface area contributed by atoms with Gasteiger partial charge in [-0.2, -0.15) is 0 Å². The zero-order valence-corrected chi connectivity index (χ0v) is 33.2. The maximum atomic E-state index is 13.8. The highest BCUT2D eigenvalue weighted by atomic mass is 16.4. The predicted octanol–water partition coefficient (Wildman–Crippen LogP) is -2.58. The molecule has 0 saturated carbocycles. The van der Waals surface area contributed by atoms with Crippen LogP contribution in [0.5, 0.6) is 5.75 Å². The van der Waals surface area contributed by atoms with Gasteiger partial charge in [-0.1, -0.05) is 26.0 Å². The summed E-state index contributed by atoms with van der Waals surface area (Å²) in [5.74, 6) is -7.32. The summed E-state index contributed by atoms with van der Waals surface area (Å²) in [4.78, 5) is 119. The number of nitrogens with two attached hydrogens (primary N) is 1. The van der Waals surface area contributed by atoms with Crippen LogP contribution in [0.15, 0.2) is 24.3 Å². The van der Waals surface area contributed by atoms with Gasteiger partial charge in [-0.15, -0.1) is 0 Å². The standard InChI is InChI=1S/C38H56N8O12/c1-20(2)15-27(38(57)58)43-34(53)28(19-47)44-36(55)30-8-6-14-46(30)37(56)26(17-31(39)50)42-32(51)22(4)40-33(52)25(16-23-9-11-24(49)12-10-23)41-35(54)29-7-5-13-45(29)18-21(3)48/h9-12,20,22,25-30,47,49H,5-8,13-19H2,1-4H3,(H2,39,50)(H,40,52)(H,41,54)(H,42,51)(H,43,53)(H,44,55)(H,57,58)/t22-,25-,26-,27-,28-,29-,30-/m0/s1. The lowest BCUT2D eigenvalue weighted by Gasteiger charge is -2.30. The highest BCUT2D eigenvalue weighted by molar-refractivity contribution is 5.98. The number of carboxylic acids is 1. The number of aromatic hydroxyl groups is 1. The zero-order valence-electron chi connectivity index (χ0n) is 33.2. The third-order valence-corrected chi connectivity index (χ3v) is 9.85. The van der Waals surface area contributed by atoms with Crippen molar-refractivity contribution >= 4 is 53.1 Å². The number of benzene rings is 1. The molecule has 0 aromatic heterocycles. The molecule has 10 N–H and O–H groups in total. The molecule has 1 aromatic rings. The van der Waals surface area contributed by atoms with E-state index in [1.165, 1.54) is 26.0 Å². The van der Waals surface area contributed by atoms with Crippen molar-refractivity contribution in [1.29, 1.82) is 0 Å². The SMILES string of the molecule is CC(=O)CN1CCC[C@H]1C(=O)N[C@@H](Cc1ccc(O)cc1)C(=O)N[C@@H](C)C(=O)N[C@@H](CC(N)=O)C(=O)N1CCC[C@H]1C(=O)N[C@@H](CO)C(=O)N[C@@H](CC(C)C)C(=O)O. The molecule has 2 fully saturated rings. The van der Waals surface area contributed by atoms with E-state index in [1.807, 2.05) is 0 Å². The molecule has 2 aliphatic heterocycles. The third-order valence-electron chi connectivity index (χ3n) is 9.85. The van der Waals surface area contributed by atoms with Gasteiger partial charge in [0.2, 0.25) is 41.4 Å². The number of aliphatic carboxylic acids is 1. The lowest BCUT2D eigenvalue weighted by molar-refractivity contribution is -0.144. The van der Waals surface area contributed by atoms with Gasteiger partial charge in [-0.25, -0.2) is 4.79 Å². The Morgan fingerprint density at radius 1 is 0.759 bits per heavy atom. The van der Waals surface area contributed by atoms with Crippen molar-refractivity contribution in [2.24, 2.45) is 11.7 Å². The largest absolute Gasteiger partial charge is 0.508 e. The molecule has 3 rings (SSSR count). The van der Waals surface area contributed by atoms with Crippen LogP contribution in [0.2, 0.25) is 0 Å². The number of aliphatic hydroxyl groups is 1. The van der Waals surface area contributed by atoms with Crippen LogP contribution in [0.25, 0.3) is 0 Å². The molecule has 20 heteroatoms. The number of aliphatic hydroxyl groups excluding tert-OH is 1. The van der Waals surface area contributed by atoms with E-state index in [0.717, 1.165) is 4.90 Å². The van der Waals surface area contributed by atoms with Gasteiger partial charge >= 0.3 is 5.97 Å². The Labute approximate surface area is 336 Å². The van der Waals surface area contributed by atoms with Crippen molar-refractivity contribution in [3.8, 4) is 5.75 Å². The van der Waals surface area contributed by atoms with Gasteiger partial charge < -0.3 is 52.5 Å². The lowest BCUT2D eigenvalue weighted by atomic mass is 10.0. The minimum Gasteiger partial charge on any atom is -0.508 e. The summed E-state index contributed by atoms with van der Waals surface area (Å²) in [5.41, 5.74) is 5.99. The number of phenolic OH excluding ortho intramolecular Hbond substituents is 1. The first-order valence-electron chi connectivity index (χ1n) is 19.3. The number of hydrogen-bond donors (Lipinski definition) is 9. The fraction of sp³-hybridized carbons (Fsp3) is 0.605. The average molecular weight is 817 g/mol. The number of carbonyl (C=O) groups excluding carboxylic acids is 8. The Balaban J connectivity index is 1.72. The van der Waals surface area contributed by atoms with E-state index in [0.29, 0.717) is 31.4 Å². The molecule has 0 unspecified atom stereocenters. The molecule has 0 spiro atoms. The first kappa shape index (κ1) is 46.8. The van der Waals surface area contributed by atoms with Crippen LogP contribution < -0.4 is 32.3 Å².